The second kappa shape index (κ2) is 5.49. The van der Waals surface area contributed by atoms with Crippen LogP contribution in [-0.2, 0) is 0 Å². The van der Waals surface area contributed by atoms with E-state index in [9.17, 15) is 0 Å². The first-order chi connectivity index (χ1) is 7.72. The normalized spacial score (nSPS) is 12.9. The van der Waals surface area contributed by atoms with Crippen LogP contribution in [0.5, 0.6) is 0 Å². The van der Waals surface area contributed by atoms with Gasteiger partial charge in [-0.3, -0.25) is 0 Å². The molecule has 0 spiro atoms. The van der Waals surface area contributed by atoms with Crippen molar-refractivity contribution >= 4 is 43.2 Å². The monoisotopic (exact) mass is 363 g/mol. The minimum Gasteiger partial charge on any atom is -0.457 e. The molecule has 0 aliphatic heterocycles. The van der Waals surface area contributed by atoms with Gasteiger partial charge in [-0.05, 0) is 56.6 Å². The summed E-state index contributed by atoms with van der Waals surface area (Å²) in [5.41, 5.74) is 1.14. The molecule has 86 valence electrons. The maximum Gasteiger partial charge on any atom is 0.174 e. The van der Waals surface area contributed by atoms with Crippen LogP contribution in [0.4, 0.5) is 0 Å². The Kier molecular flexibility index (Phi) is 4.24. The van der Waals surface area contributed by atoms with Crippen molar-refractivity contribution in [3.63, 3.8) is 0 Å². The van der Waals surface area contributed by atoms with E-state index in [-0.39, 0.29) is 6.04 Å². The highest BCUT2D eigenvalue weighted by Crippen LogP contribution is 2.34. The number of hydrogen-bond acceptors (Lipinski definition) is 3. The molecule has 0 saturated carbocycles. The van der Waals surface area contributed by atoms with Crippen LogP contribution in [0.2, 0.25) is 0 Å². The van der Waals surface area contributed by atoms with Gasteiger partial charge in [0.15, 0.2) is 4.67 Å². The quantitative estimate of drug-likeness (QED) is 0.859. The van der Waals surface area contributed by atoms with Crippen molar-refractivity contribution in [1.82, 2.24) is 5.32 Å². The first-order valence-corrected chi connectivity index (χ1v) is 7.34. The summed E-state index contributed by atoms with van der Waals surface area (Å²) in [6.45, 7) is 3.02. The van der Waals surface area contributed by atoms with E-state index >= 15 is 0 Å². The molecule has 2 heterocycles. The number of furan rings is 1. The third-order valence-electron chi connectivity index (χ3n) is 2.24. The molecule has 0 radical (unpaired) electrons. The lowest BCUT2D eigenvalue weighted by Gasteiger charge is -2.15. The molecule has 1 unspecified atom stereocenters. The first-order valence-electron chi connectivity index (χ1n) is 4.94. The molecule has 2 rings (SSSR count). The molecule has 0 amide bonds. The van der Waals surface area contributed by atoms with Gasteiger partial charge >= 0.3 is 0 Å². The molecule has 5 heteroatoms. The Morgan fingerprint density at radius 2 is 2.19 bits per heavy atom. The van der Waals surface area contributed by atoms with Crippen molar-refractivity contribution in [3.05, 3.63) is 43.4 Å². The molecule has 1 N–H and O–H groups in total. The van der Waals surface area contributed by atoms with Gasteiger partial charge in [0.05, 0.1) is 16.1 Å². The number of thiophene rings is 1. The topological polar surface area (TPSA) is 25.2 Å². The molecular formula is C11H11Br2NOS. The molecule has 1 atom stereocenters. The Bertz CT molecular complexity index is 466. The maximum absolute atomic E-state index is 5.29. The second-order valence-electron chi connectivity index (χ2n) is 3.28. The van der Waals surface area contributed by atoms with Crippen molar-refractivity contribution in [2.24, 2.45) is 0 Å². The molecule has 0 saturated heterocycles. The summed E-state index contributed by atoms with van der Waals surface area (Å²) >= 11 is 8.65. The van der Waals surface area contributed by atoms with E-state index in [2.05, 4.69) is 56.2 Å². The van der Waals surface area contributed by atoms with Crippen molar-refractivity contribution in [3.8, 4) is 0 Å². The molecule has 16 heavy (non-hydrogen) atoms. The molecule has 0 aliphatic carbocycles. The zero-order valence-corrected chi connectivity index (χ0v) is 12.7. The minimum atomic E-state index is 0.189. The van der Waals surface area contributed by atoms with E-state index in [0.717, 1.165) is 20.6 Å². The lowest BCUT2D eigenvalue weighted by Crippen LogP contribution is -2.20. The van der Waals surface area contributed by atoms with Gasteiger partial charge in [0.25, 0.3) is 0 Å². The standard InChI is InChI=1S/C11H11Br2NOS/c1-2-14-10(7-5-6-15-11(7)13)8-3-4-9(12)16-8/h3-6,10,14H,2H2,1H3. The van der Waals surface area contributed by atoms with Gasteiger partial charge in [-0.15, -0.1) is 11.3 Å². The zero-order chi connectivity index (χ0) is 11.5. The molecule has 0 bridgehead atoms. The SMILES string of the molecule is CCNC(c1ccc(Br)s1)c1ccoc1Br. The molecule has 0 aromatic carbocycles. The second-order valence-corrected chi connectivity index (χ2v) is 6.50. The van der Waals surface area contributed by atoms with Crippen LogP contribution in [0.3, 0.4) is 0 Å². The fourth-order valence-corrected chi connectivity index (χ4v) is 3.55. The van der Waals surface area contributed by atoms with E-state index in [1.807, 2.05) is 6.07 Å². The van der Waals surface area contributed by atoms with Crippen molar-refractivity contribution < 1.29 is 4.42 Å². The molecule has 2 aromatic rings. The summed E-state index contributed by atoms with van der Waals surface area (Å²) in [6, 6.07) is 6.37. The predicted octanol–water partition coefficient (Wildman–Crippen LogP) is 4.57. The van der Waals surface area contributed by atoms with E-state index in [4.69, 9.17) is 4.42 Å². The summed E-state index contributed by atoms with van der Waals surface area (Å²) in [6.07, 6.45) is 1.70. The van der Waals surface area contributed by atoms with Crippen LogP contribution >= 0.6 is 43.2 Å². The average Bonchev–Trinajstić information content (AvgIpc) is 2.84. The van der Waals surface area contributed by atoms with Crippen LogP contribution in [0.1, 0.15) is 23.4 Å². The van der Waals surface area contributed by atoms with Crippen LogP contribution in [0.15, 0.2) is 37.3 Å². The Hall–Kier alpha value is -0.100. The highest BCUT2D eigenvalue weighted by atomic mass is 79.9. The van der Waals surface area contributed by atoms with E-state index in [1.165, 1.54) is 4.88 Å². The van der Waals surface area contributed by atoms with Crippen LogP contribution in [0, 0.1) is 0 Å². The number of halogens is 2. The van der Waals surface area contributed by atoms with Crippen LogP contribution < -0.4 is 5.32 Å². The van der Waals surface area contributed by atoms with Crippen molar-refractivity contribution in [1.29, 1.82) is 0 Å². The van der Waals surface area contributed by atoms with Gasteiger partial charge < -0.3 is 9.73 Å². The van der Waals surface area contributed by atoms with Gasteiger partial charge in [0.1, 0.15) is 0 Å². The Morgan fingerprint density at radius 1 is 1.38 bits per heavy atom. The number of nitrogens with one attached hydrogen (secondary N) is 1. The largest absolute Gasteiger partial charge is 0.457 e. The van der Waals surface area contributed by atoms with Gasteiger partial charge in [-0.1, -0.05) is 6.92 Å². The van der Waals surface area contributed by atoms with Crippen LogP contribution in [-0.4, -0.2) is 6.54 Å². The summed E-state index contributed by atoms with van der Waals surface area (Å²) in [7, 11) is 0. The maximum atomic E-state index is 5.29. The first kappa shape index (κ1) is 12.4. The molecular weight excluding hydrogens is 354 g/mol. The van der Waals surface area contributed by atoms with Gasteiger partial charge in [0.2, 0.25) is 0 Å². The van der Waals surface area contributed by atoms with Crippen LogP contribution in [0.25, 0.3) is 0 Å². The number of hydrogen-bond donors (Lipinski definition) is 1. The predicted molar refractivity (Wildman–Crippen MR) is 73.9 cm³/mol. The van der Waals surface area contributed by atoms with Crippen molar-refractivity contribution in [2.75, 3.05) is 6.54 Å². The molecule has 0 fully saturated rings. The van der Waals surface area contributed by atoms with E-state index in [1.54, 1.807) is 17.6 Å². The van der Waals surface area contributed by atoms with Gasteiger partial charge in [0, 0.05) is 10.4 Å². The highest BCUT2D eigenvalue weighted by Gasteiger charge is 2.19. The summed E-state index contributed by atoms with van der Waals surface area (Å²) in [5, 5.41) is 3.46. The lowest BCUT2D eigenvalue weighted by molar-refractivity contribution is 0.527. The summed E-state index contributed by atoms with van der Waals surface area (Å²) in [4.78, 5) is 1.27. The third-order valence-corrected chi connectivity index (χ3v) is 4.58. The van der Waals surface area contributed by atoms with Gasteiger partial charge in [-0.25, -0.2) is 0 Å². The number of rotatable bonds is 4. The third kappa shape index (κ3) is 2.59. The van der Waals surface area contributed by atoms with Crippen molar-refractivity contribution in [2.45, 2.75) is 13.0 Å². The fourth-order valence-electron chi connectivity index (χ4n) is 1.56. The fraction of sp³-hybridized carbons (Fsp3) is 0.273. The van der Waals surface area contributed by atoms with E-state index in [0.29, 0.717) is 0 Å². The Morgan fingerprint density at radius 3 is 2.69 bits per heavy atom. The smallest absolute Gasteiger partial charge is 0.174 e. The molecule has 2 nitrogen and oxygen atoms in total. The Balaban J connectivity index is 2.34. The highest BCUT2D eigenvalue weighted by molar-refractivity contribution is 9.11. The minimum absolute atomic E-state index is 0.189. The lowest BCUT2D eigenvalue weighted by atomic mass is 10.1. The van der Waals surface area contributed by atoms with Gasteiger partial charge in [-0.2, -0.15) is 0 Å². The Labute approximate surface area is 115 Å². The molecule has 0 aliphatic rings. The summed E-state index contributed by atoms with van der Waals surface area (Å²) in [5.74, 6) is 0. The van der Waals surface area contributed by atoms with E-state index < -0.39 is 0 Å². The zero-order valence-electron chi connectivity index (χ0n) is 8.67. The molecule has 2 aromatic heterocycles. The summed E-state index contributed by atoms with van der Waals surface area (Å²) < 4.78 is 7.23. The average molecular weight is 365 g/mol.